The summed E-state index contributed by atoms with van der Waals surface area (Å²) in [6.45, 7) is 7.42. The summed E-state index contributed by atoms with van der Waals surface area (Å²) in [6, 6.07) is 7.90. The van der Waals surface area contributed by atoms with Gasteiger partial charge in [0.1, 0.15) is 0 Å². The molecule has 1 aliphatic heterocycles. The molecular weight excluding hydrogens is 359 g/mol. The van der Waals surface area contributed by atoms with Crippen LogP contribution < -0.4 is 5.32 Å². The molecule has 0 saturated carbocycles. The van der Waals surface area contributed by atoms with E-state index in [9.17, 15) is 18.0 Å². The molecule has 0 spiro atoms. The van der Waals surface area contributed by atoms with Crippen LogP contribution in [-0.4, -0.2) is 45.9 Å². The van der Waals surface area contributed by atoms with Crippen molar-refractivity contribution < 1.29 is 18.0 Å². The topological polar surface area (TPSA) is 73.9 Å². The van der Waals surface area contributed by atoms with E-state index in [0.29, 0.717) is 13.1 Å². The third-order valence-electron chi connectivity index (χ3n) is 4.66. The first-order chi connectivity index (χ1) is 12.6. The first-order valence-electron chi connectivity index (χ1n) is 8.68. The van der Waals surface area contributed by atoms with Gasteiger partial charge >= 0.3 is 6.18 Å². The molecule has 0 radical (unpaired) electrons. The van der Waals surface area contributed by atoms with Gasteiger partial charge in [0.15, 0.2) is 11.4 Å². The highest BCUT2D eigenvalue weighted by Crippen LogP contribution is 2.30. The van der Waals surface area contributed by atoms with Crippen molar-refractivity contribution in [2.24, 2.45) is 0 Å². The van der Waals surface area contributed by atoms with Gasteiger partial charge in [0.25, 0.3) is 5.91 Å². The van der Waals surface area contributed by atoms with Crippen molar-refractivity contribution in [3.63, 3.8) is 0 Å². The fraction of sp³-hybridized carbons (Fsp3) is 0.500. The molecule has 9 heteroatoms. The van der Waals surface area contributed by atoms with Crippen molar-refractivity contribution in [1.29, 1.82) is 0 Å². The van der Waals surface area contributed by atoms with Crippen LogP contribution in [0.25, 0.3) is 0 Å². The summed E-state index contributed by atoms with van der Waals surface area (Å²) < 4.78 is 38.9. The van der Waals surface area contributed by atoms with Crippen molar-refractivity contribution in [3.8, 4) is 0 Å². The summed E-state index contributed by atoms with van der Waals surface area (Å²) in [7, 11) is 0. The number of amides is 1. The SMILES string of the molecule is CC(C)(C)c1ccc(C2CN(C(=O)c3n[nH]nc3C(F)(F)F)CCN2)cc1. The van der Waals surface area contributed by atoms with Gasteiger partial charge < -0.3 is 10.2 Å². The Balaban J connectivity index is 1.77. The number of nitrogens with zero attached hydrogens (tertiary/aromatic N) is 3. The van der Waals surface area contributed by atoms with Crippen LogP contribution in [0, 0.1) is 0 Å². The molecule has 1 saturated heterocycles. The van der Waals surface area contributed by atoms with Gasteiger partial charge in [-0.2, -0.15) is 28.6 Å². The van der Waals surface area contributed by atoms with Crippen molar-refractivity contribution >= 4 is 5.91 Å². The molecule has 1 fully saturated rings. The Morgan fingerprint density at radius 2 is 1.81 bits per heavy atom. The molecule has 146 valence electrons. The van der Waals surface area contributed by atoms with Gasteiger partial charge in [0.2, 0.25) is 0 Å². The van der Waals surface area contributed by atoms with Crippen molar-refractivity contribution in [3.05, 3.63) is 46.8 Å². The molecule has 1 aliphatic rings. The minimum atomic E-state index is -4.73. The van der Waals surface area contributed by atoms with E-state index in [1.165, 1.54) is 10.5 Å². The van der Waals surface area contributed by atoms with E-state index < -0.39 is 23.5 Å². The van der Waals surface area contributed by atoms with Crippen molar-refractivity contribution in [2.75, 3.05) is 19.6 Å². The Hall–Kier alpha value is -2.42. The number of nitrogens with one attached hydrogen (secondary N) is 2. The average Bonchev–Trinajstić information content (AvgIpc) is 3.11. The normalized spacial score (nSPS) is 18.6. The summed E-state index contributed by atoms with van der Waals surface area (Å²) in [5.74, 6) is -0.770. The number of piperazine rings is 1. The highest BCUT2D eigenvalue weighted by molar-refractivity contribution is 5.93. The van der Waals surface area contributed by atoms with Gasteiger partial charge in [-0.3, -0.25) is 4.79 Å². The van der Waals surface area contributed by atoms with Crippen LogP contribution in [-0.2, 0) is 11.6 Å². The highest BCUT2D eigenvalue weighted by Gasteiger charge is 2.41. The van der Waals surface area contributed by atoms with Crippen LogP contribution in [0.3, 0.4) is 0 Å². The maximum atomic E-state index is 13.0. The molecular formula is C18H22F3N5O. The van der Waals surface area contributed by atoms with Crippen LogP contribution in [0.2, 0.25) is 0 Å². The maximum absolute atomic E-state index is 13.0. The number of H-pyrrole nitrogens is 1. The highest BCUT2D eigenvalue weighted by atomic mass is 19.4. The maximum Gasteiger partial charge on any atom is 0.437 e. The first kappa shape index (κ1) is 19.3. The number of benzene rings is 1. The molecule has 27 heavy (non-hydrogen) atoms. The van der Waals surface area contributed by atoms with Crippen molar-refractivity contribution in [2.45, 2.75) is 38.4 Å². The monoisotopic (exact) mass is 381 g/mol. The minimum Gasteiger partial charge on any atom is -0.334 e. The molecule has 2 aromatic rings. The lowest BCUT2D eigenvalue weighted by Crippen LogP contribution is -2.48. The lowest BCUT2D eigenvalue weighted by molar-refractivity contribution is -0.141. The minimum absolute atomic E-state index is 0.0292. The molecule has 1 aromatic carbocycles. The third kappa shape index (κ3) is 4.13. The number of carbonyl (C=O) groups is 1. The van der Waals surface area contributed by atoms with Gasteiger partial charge in [-0.1, -0.05) is 45.0 Å². The van der Waals surface area contributed by atoms with E-state index >= 15 is 0 Å². The number of halogens is 3. The van der Waals surface area contributed by atoms with Crippen LogP contribution in [0.5, 0.6) is 0 Å². The zero-order valence-electron chi connectivity index (χ0n) is 15.4. The molecule has 1 amide bonds. The number of aromatic nitrogens is 3. The first-order valence-corrected chi connectivity index (χ1v) is 8.68. The van der Waals surface area contributed by atoms with E-state index in [1.807, 2.05) is 29.5 Å². The Labute approximate surface area is 155 Å². The van der Waals surface area contributed by atoms with Crippen LogP contribution >= 0.6 is 0 Å². The smallest absolute Gasteiger partial charge is 0.334 e. The van der Waals surface area contributed by atoms with Gasteiger partial charge in [0.05, 0.1) is 0 Å². The quantitative estimate of drug-likeness (QED) is 0.839. The summed E-state index contributed by atoms with van der Waals surface area (Å²) >= 11 is 0. The van der Waals surface area contributed by atoms with Gasteiger partial charge in [-0.25, -0.2) is 0 Å². The lowest BCUT2D eigenvalue weighted by atomic mass is 9.86. The Morgan fingerprint density at radius 3 is 2.41 bits per heavy atom. The fourth-order valence-corrected chi connectivity index (χ4v) is 3.10. The second kappa shape index (κ2) is 6.95. The van der Waals surface area contributed by atoms with E-state index in [2.05, 4.69) is 36.3 Å². The predicted octanol–water partition coefficient (Wildman–Crippen LogP) is 2.91. The number of alkyl halides is 3. The van der Waals surface area contributed by atoms with Crippen LogP contribution in [0.1, 0.15) is 54.1 Å². The van der Waals surface area contributed by atoms with Gasteiger partial charge in [-0.15, -0.1) is 0 Å². The molecule has 3 rings (SSSR count). The molecule has 2 heterocycles. The number of carbonyl (C=O) groups excluding carboxylic acids is 1. The second-order valence-corrected chi connectivity index (χ2v) is 7.65. The average molecular weight is 381 g/mol. The van der Waals surface area contributed by atoms with Gasteiger partial charge in [-0.05, 0) is 16.5 Å². The molecule has 6 nitrogen and oxygen atoms in total. The zero-order chi connectivity index (χ0) is 19.8. The summed E-state index contributed by atoms with van der Waals surface area (Å²) in [5, 5.41) is 11.7. The predicted molar refractivity (Wildman–Crippen MR) is 93.2 cm³/mol. The summed E-state index contributed by atoms with van der Waals surface area (Å²) in [4.78, 5) is 13.9. The largest absolute Gasteiger partial charge is 0.437 e. The molecule has 1 aromatic heterocycles. The van der Waals surface area contributed by atoms with Crippen LogP contribution in [0.4, 0.5) is 13.2 Å². The number of rotatable bonds is 2. The molecule has 2 N–H and O–H groups in total. The summed E-state index contributed by atoms with van der Waals surface area (Å²) in [5.41, 5.74) is 0.231. The second-order valence-electron chi connectivity index (χ2n) is 7.65. The van der Waals surface area contributed by atoms with Crippen LogP contribution in [0.15, 0.2) is 24.3 Å². The fourth-order valence-electron chi connectivity index (χ4n) is 3.10. The number of hydrogen-bond donors (Lipinski definition) is 2. The van der Waals surface area contributed by atoms with Crippen molar-refractivity contribution in [1.82, 2.24) is 25.6 Å². The Morgan fingerprint density at radius 1 is 1.15 bits per heavy atom. The van der Waals surface area contributed by atoms with E-state index in [1.54, 1.807) is 0 Å². The Bertz CT molecular complexity index is 808. The lowest BCUT2D eigenvalue weighted by Gasteiger charge is -2.34. The zero-order valence-corrected chi connectivity index (χ0v) is 15.4. The number of aromatic amines is 1. The molecule has 0 aliphatic carbocycles. The molecule has 1 atom stereocenters. The standard InChI is InChI=1S/C18H22F3N5O/c1-17(2,3)12-6-4-11(5-7-12)13-10-26(9-8-22-13)16(27)14-15(18(19,20)21)24-25-23-14/h4-7,13,22H,8-10H2,1-3H3,(H,23,24,25). The summed E-state index contributed by atoms with van der Waals surface area (Å²) in [6.07, 6.45) is -4.73. The van der Waals surface area contributed by atoms with E-state index in [4.69, 9.17) is 0 Å². The molecule has 1 unspecified atom stereocenters. The number of hydrogen-bond acceptors (Lipinski definition) is 4. The van der Waals surface area contributed by atoms with Gasteiger partial charge in [0, 0.05) is 25.7 Å². The Kier molecular flexibility index (Phi) is 4.98. The third-order valence-corrected chi connectivity index (χ3v) is 4.66. The van der Waals surface area contributed by atoms with E-state index in [-0.39, 0.29) is 18.0 Å². The van der Waals surface area contributed by atoms with E-state index in [0.717, 1.165) is 5.56 Å². The molecule has 0 bridgehead atoms.